The molecule has 1 aliphatic carbocycles. The van der Waals surface area contributed by atoms with Gasteiger partial charge in [-0.1, -0.05) is 25.0 Å². The van der Waals surface area contributed by atoms with Gasteiger partial charge >= 0.3 is 0 Å². The van der Waals surface area contributed by atoms with E-state index in [0.29, 0.717) is 19.1 Å². The molecule has 6 nitrogen and oxygen atoms in total. The fraction of sp³-hybridized carbons (Fsp3) is 0.650. The maximum Gasteiger partial charge on any atom is 0.188 e. The molecular weight excluding hydrogens is 457 g/mol. The Kier molecular flexibility index (Phi) is 9.11. The molecule has 152 valence electrons. The van der Waals surface area contributed by atoms with Gasteiger partial charge in [-0.05, 0) is 37.0 Å². The van der Waals surface area contributed by atoms with Gasteiger partial charge in [0.2, 0.25) is 0 Å². The van der Waals surface area contributed by atoms with Crippen molar-refractivity contribution in [1.82, 2.24) is 5.32 Å². The number of hydrogen-bond donors (Lipinski definition) is 2. The summed E-state index contributed by atoms with van der Waals surface area (Å²) in [5.74, 6) is 0.977. The number of nitrogens with one attached hydrogen (secondary N) is 1. The van der Waals surface area contributed by atoms with E-state index in [2.05, 4.69) is 22.4 Å². The molecule has 27 heavy (non-hydrogen) atoms. The Balaban J connectivity index is 0.00000261. The van der Waals surface area contributed by atoms with Crippen molar-refractivity contribution in [2.75, 3.05) is 26.8 Å². The maximum absolute atomic E-state index is 6.19. The van der Waals surface area contributed by atoms with Gasteiger partial charge in [0.05, 0.1) is 20.3 Å². The van der Waals surface area contributed by atoms with E-state index in [9.17, 15) is 0 Å². The fourth-order valence-corrected chi connectivity index (χ4v) is 3.62. The number of ether oxygens (including phenoxy) is 3. The van der Waals surface area contributed by atoms with Gasteiger partial charge in [0.1, 0.15) is 11.9 Å². The molecule has 3 N–H and O–H groups in total. The molecule has 1 atom stereocenters. The predicted octanol–water partition coefficient (Wildman–Crippen LogP) is 3.23. The second kappa shape index (κ2) is 11.1. The van der Waals surface area contributed by atoms with E-state index in [1.54, 1.807) is 7.11 Å². The number of methoxy groups -OCH3 is 1. The number of aliphatic imine (C=N–C) groups is 1. The van der Waals surface area contributed by atoms with Crippen molar-refractivity contribution < 1.29 is 14.2 Å². The first-order chi connectivity index (χ1) is 12.7. The summed E-state index contributed by atoms with van der Waals surface area (Å²) < 4.78 is 17.4. The molecule has 1 saturated carbocycles. The van der Waals surface area contributed by atoms with Gasteiger partial charge < -0.3 is 25.3 Å². The summed E-state index contributed by atoms with van der Waals surface area (Å²) in [6.45, 7) is 1.90. The SMILES string of the molecule is COc1ccc(CCNC(N)=NCC2COC3(CCCCCC3)O2)cc1.I. The third-order valence-corrected chi connectivity index (χ3v) is 5.12. The first kappa shape index (κ1) is 22.2. The molecule has 1 unspecified atom stereocenters. The van der Waals surface area contributed by atoms with Crippen molar-refractivity contribution in [3.8, 4) is 5.75 Å². The van der Waals surface area contributed by atoms with Crippen LogP contribution < -0.4 is 15.8 Å². The molecule has 7 heteroatoms. The lowest BCUT2D eigenvalue weighted by molar-refractivity contribution is -0.174. The molecule has 1 aromatic rings. The minimum absolute atomic E-state index is 0. The Morgan fingerprint density at radius 1 is 1.22 bits per heavy atom. The van der Waals surface area contributed by atoms with Crippen molar-refractivity contribution in [3.05, 3.63) is 29.8 Å². The molecule has 1 saturated heterocycles. The van der Waals surface area contributed by atoms with E-state index in [1.807, 2.05) is 12.1 Å². The van der Waals surface area contributed by atoms with Crippen molar-refractivity contribution in [2.45, 2.75) is 56.8 Å². The molecule has 0 radical (unpaired) electrons. The zero-order chi connectivity index (χ0) is 18.2. The van der Waals surface area contributed by atoms with Gasteiger partial charge in [-0.15, -0.1) is 24.0 Å². The zero-order valence-electron chi connectivity index (χ0n) is 16.1. The molecule has 1 spiro atoms. The van der Waals surface area contributed by atoms with Crippen LogP contribution in [0.4, 0.5) is 0 Å². The number of nitrogens with two attached hydrogens (primary N) is 1. The molecule has 0 aromatic heterocycles. The van der Waals surface area contributed by atoms with Crippen LogP contribution in [0.3, 0.4) is 0 Å². The van der Waals surface area contributed by atoms with Gasteiger partial charge in [0.15, 0.2) is 11.7 Å². The Bertz CT molecular complexity index is 587. The van der Waals surface area contributed by atoms with Crippen LogP contribution in [0.1, 0.15) is 44.1 Å². The van der Waals surface area contributed by atoms with Gasteiger partial charge in [-0.2, -0.15) is 0 Å². The third kappa shape index (κ3) is 6.80. The Labute approximate surface area is 179 Å². The van der Waals surface area contributed by atoms with Crippen molar-refractivity contribution >= 4 is 29.9 Å². The predicted molar refractivity (Wildman–Crippen MR) is 118 cm³/mol. The minimum Gasteiger partial charge on any atom is -0.497 e. The average molecular weight is 489 g/mol. The summed E-state index contributed by atoms with van der Waals surface area (Å²) in [6.07, 6.45) is 7.83. The van der Waals surface area contributed by atoms with Crippen LogP contribution in [0.5, 0.6) is 5.75 Å². The monoisotopic (exact) mass is 489 g/mol. The average Bonchev–Trinajstić information content (AvgIpc) is 2.92. The summed E-state index contributed by atoms with van der Waals surface area (Å²) in [7, 11) is 1.67. The van der Waals surface area contributed by atoms with Crippen molar-refractivity contribution in [2.24, 2.45) is 10.7 Å². The van der Waals surface area contributed by atoms with E-state index in [1.165, 1.54) is 31.2 Å². The number of hydrogen-bond acceptors (Lipinski definition) is 4. The maximum atomic E-state index is 6.19. The lowest BCUT2D eigenvalue weighted by Gasteiger charge is -2.26. The molecule has 0 bridgehead atoms. The molecule has 1 aromatic carbocycles. The van der Waals surface area contributed by atoms with Crippen molar-refractivity contribution in [1.29, 1.82) is 0 Å². The van der Waals surface area contributed by atoms with Crippen LogP contribution in [-0.4, -0.2) is 44.7 Å². The number of rotatable bonds is 6. The first-order valence-corrected chi connectivity index (χ1v) is 9.68. The standard InChI is InChI=1S/C20H31N3O3.HI/c1-24-17-8-6-16(7-9-17)10-13-22-19(21)23-14-18-15-25-20(26-18)11-4-2-3-5-12-20;/h6-9,18H,2-5,10-15H2,1H3,(H3,21,22,23);1H. The van der Waals surface area contributed by atoms with E-state index in [-0.39, 0.29) is 35.9 Å². The highest BCUT2D eigenvalue weighted by Crippen LogP contribution is 2.36. The largest absolute Gasteiger partial charge is 0.497 e. The van der Waals surface area contributed by atoms with Crippen LogP contribution in [0.15, 0.2) is 29.3 Å². The number of benzene rings is 1. The Morgan fingerprint density at radius 2 is 1.93 bits per heavy atom. The van der Waals surface area contributed by atoms with E-state index in [0.717, 1.165) is 31.6 Å². The summed E-state index contributed by atoms with van der Waals surface area (Å²) in [5, 5.41) is 3.16. The van der Waals surface area contributed by atoms with Crippen LogP contribution in [0, 0.1) is 0 Å². The van der Waals surface area contributed by atoms with Crippen LogP contribution in [0.25, 0.3) is 0 Å². The van der Waals surface area contributed by atoms with Gasteiger partial charge in [0.25, 0.3) is 0 Å². The highest BCUT2D eigenvalue weighted by Gasteiger charge is 2.41. The molecule has 1 aliphatic heterocycles. The van der Waals surface area contributed by atoms with Crippen LogP contribution in [0.2, 0.25) is 0 Å². The highest BCUT2D eigenvalue weighted by molar-refractivity contribution is 14.0. The van der Waals surface area contributed by atoms with Crippen molar-refractivity contribution in [3.63, 3.8) is 0 Å². The fourth-order valence-electron chi connectivity index (χ4n) is 3.62. The summed E-state index contributed by atoms with van der Waals surface area (Å²) in [4.78, 5) is 4.42. The topological polar surface area (TPSA) is 78.1 Å². The second-order valence-electron chi connectivity index (χ2n) is 7.13. The number of halogens is 1. The van der Waals surface area contributed by atoms with Crippen LogP contribution in [-0.2, 0) is 15.9 Å². The summed E-state index contributed by atoms with van der Waals surface area (Å²) in [5.41, 5.74) is 7.21. The number of guanidine groups is 1. The van der Waals surface area contributed by atoms with Gasteiger partial charge in [0, 0.05) is 19.4 Å². The first-order valence-electron chi connectivity index (χ1n) is 9.68. The van der Waals surface area contributed by atoms with E-state index in [4.69, 9.17) is 19.9 Å². The van der Waals surface area contributed by atoms with Gasteiger partial charge in [-0.3, -0.25) is 4.99 Å². The lowest BCUT2D eigenvalue weighted by Crippen LogP contribution is -2.35. The molecule has 0 amide bonds. The summed E-state index contributed by atoms with van der Waals surface area (Å²) in [6, 6.07) is 8.05. The molecule has 1 heterocycles. The lowest BCUT2D eigenvalue weighted by atomic mass is 10.1. The Morgan fingerprint density at radius 3 is 2.59 bits per heavy atom. The summed E-state index contributed by atoms with van der Waals surface area (Å²) >= 11 is 0. The Hall–Kier alpha value is -1.06. The molecule has 3 rings (SSSR count). The second-order valence-corrected chi connectivity index (χ2v) is 7.13. The highest BCUT2D eigenvalue weighted by atomic mass is 127. The smallest absolute Gasteiger partial charge is 0.188 e. The number of nitrogens with zero attached hydrogens (tertiary/aromatic N) is 1. The van der Waals surface area contributed by atoms with Crippen LogP contribution >= 0.6 is 24.0 Å². The van der Waals surface area contributed by atoms with Gasteiger partial charge in [-0.25, -0.2) is 0 Å². The molecule has 2 aliphatic rings. The van der Waals surface area contributed by atoms with E-state index >= 15 is 0 Å². The van der Waals surface area contributed by atoms with E-state index < -0.39 is 0 Å². The minimum atomic E-state index is -0.354. The molecule has 2 fully saturated rings. The third-order valence-electron chi connectivity index (χ3n) is 5.12. The zero-order valence-corrected chi connectivity index (χ0v) is 18.4. The normalized spacial score (nSPS) is 22.1. The molecular formula is C20H32IN3O3. The quantitative estimate of drug-likeness (QED) is 0.365.